The zero-order valence-electron chi connectivity index (χ0n) is 10.7. The molecule has 0 aliphatic rings. The van der Waals surface area contributed by atoms with Crippen molar-refractivity contribution in [3.8, 4) is 6.07 Å². The van der Waals surface area contributed by atoms with E-state index < -0.39 is 0 Å². The SMILES string of the molecule is Cc1ccc(C(=O)NCCNCCCC#N)cc1. The first-order valence-corrected chi connectivity index (χ1v) is 6.16. The molecule has 1 rings (SSSR count). The number of carbonyl (C=O) groups excluding carboxylic acids is 1. The van der Waals surface area contributed by atoms with Crippen LogP contribution in [0.4, 0.5) is 0 Å². The lowest BCUT2D eigenvalue weighted by molar-refractivity contribution is 0.0954. The van der Waals surface area contributed by atoms with E-state index in [1.54, 1.807) is 0 Å². The zero-order chi connectivity index (χ0) is 13.2. The second kappa shape index (κ2) is 8.26. The Morgan fingerprint density at radius 1 is 1.22 bits per heavy atom. The van der Waals surface area contributed by atoms with Crippen LogP contribution < -0.4 is 10.6 Å². The van der Waals surface area contributed by atoms with Crippen LogP contribution in [0.2, 0.25) is 0 Å². The third kappa shape index (κ3) is 5.46. The van der Waals surface area contributed by atoms with E-state index in [0.717, 1.165) is 25.1 Å². The van der Waals surface area contributed by atoms with E-state index in [2.05, 4.69) is 16.7 Å². The normalized spacial score (nSPS) is 9.78. The van der Waals surface area contributed by atoms with E-state index in [4.69, 9.17) is 5.26 Å². The van der Waals surface area contributed by atoms with Gasteiger partial charge in [0, 0.05) is 25.1 Å². The topological polar surface area (TPSA) is 64.9 Å². The average molecular weight is 245 g/mol. The van der Waals surface area contributed by atoms with E-state index >= 15 is 0 Å². The molecule has 0 saturated carbocycles. The molecule has 4 heteroatoms. The lowest BCUT2D eigenvalue weighted by Gasteiger charge is -2.06. The van der Waals surface area contributed by atoms with Crippen LogP contribution in [0.3, 0.4) is 0 Å². The van der Waals surface area contributed by atoms with Gasteiger partial charge in [0.2, 0.25) is 0 Å². The maximum absolute atomic E-state index is 11.7. The predicted molar refractivity (Wildman–Crippen MR) is 71.2 cm³/mol. The number of nitrogens with zero attached hydrogens (tertiary/aromatic N) is 1. The van der Waals surface area contributed by atoms with E-state index in [1.807, 2.05) is 31.2 Å². The number of unbranched alkanes of at least 4 members (excludes halogenated alkanes) is 1. The van der Waals surface area contributed by atoms with Crippen LogP contribution in [0.25, 0.3) is 0 Å². The Kier molecular flexibility index (Phi) is 6.52. The Morgan fingerprint density at radius 2 is 1.94 bits per heavy atom. The van der Waals surface area contributed by atoms with Gasteiger partial charge in [0.15, 0.2) is 0 Å². The monoisotopic (exact) mass is 245 g/mol. The van der Waals surface area contributed by atoms with E-state index in [9.17, 15) is 4.79 Å². The molecular weight excluding hydrogens is 226 g/mol. The van der Waals surface area contributed by atoms with Gasteiger partial charge in [-0.3, -0.25) is 4.79 Å². The van der Waals surface area contributed by atoms with Crippen molar-refractivity contribution in [2.24, 2.45) is 0 Å². The lowest BCUT2D eigenvalue weighted by Crippen LogP contribution is -2.32. The number of rotatable bonds is 7. The molecule has 96 valence electrons. The minimum atomic E-state index is -0.0474. The van der Waals surface area contributed by atoms with Crippen LogP contribution in [-0.4, -0.2) is 25.5 Å². The molecule has 0 atom stereocenters. The molecule has 1 amide bonds. The number of nitriles is 1. The minimum Gasteiger partial charge on any atom is -0.351 e. The number of amides is 1. The zero-order valence-corrected chi connectivity index (χ0v) is 10.7. The number of carbonyl (C=O) groups is 1. The quantitative estimate of drug-likeness (QED) is 0.717. The highest BCUT2D eigenvalue weighted by molar-refractivity contribution is 5.94. The maximum Gasteiger partial charge on any atom is 0.251 e. The summed E-state index contributed by atoms with van der Waals surface area (Å²) in [6.07, 6.45) is 1.42. The van der Waals surface area contributed by atoms with E-state index in [1.165, 1.54) is 0 Å². The standard InChI is InChI=1S/C14H19N3O/c1-12-4-6-13(7-5-12)14(18)17-11-10-16-9-3-2-8-15/h4-7,16H,2-3,9-11H2,1H3,(H,17,18). The number of nitrogens with one attached hydrogen (secondary N) is 2. The molecule has 0 aromatic heterocycles. The highest BCUT2D eigenvalue weighted by Gasteiger charge is 2.02. The van der Waals surface area contributed by atoms with Gasteiger partial charge in [-0.05, 0) is 32.0 Å². The first-order chi connectivity index (χ1) is 8.74. The summed E-state index contributed by atoms with van der Waals surface area (Å²) in [4.78, 5) is 11.7. The third-order valence-corrected chi connectivity index (χ3v) is 2.54. The van der Waals surface area contributed by atoms with Crippen molar-refractivity contribution in [3.05, 3.63) is 35.4 Å². The fourth-order valence-corrected chi connectivity index (χ4v) is 1.49. The van der Waals surface area contributed by atoms with Gasteiger partial charge in [0.1, 0.15) is 0 Å². The molecule has 0 fully saturated rings. The summed E-state index contributed by atoms with van der Waals surface area (Å²) in [7, 11) is 0. The van der Waals surface area contributed by atoms with Crippen LogP contribution in [-0.2, 0) is 0 Å². The molecule has 0 aliphatic heterocycles. The molecule has 4 nitrogen and oxygen atoms in total. The van der Waals surface area contributed by atoms with Crippen LogP contribution in [0.5, 0.6) is 0 Å². The minimum absolute atomic E-state index is 0.0474. The van der Waals surface area contributed by atoms with Crippen molar-refractivity contribution >= 4 is 5.91 Å². The molecule has 0 bridgehead atoms. The number of hydrogen-bond donors (Lipinski definition) is 2. The molecular formula is C14H19N3O. The van der Waals surface area contributed by atoms with Crippen molar-refractivity contribution in [2.75, 3.05) is 19.6 Å². The largest absolute Gasteiger partial charge is 0.351 e. The van der Waals surface area contributed by atoms with Gasteiger partial charge < -0.3 is 10.6 Å². The fraction of sp³-hybridized carbons (Fsp3) is 0.429. The van der Waals surface area contributed by atoms with Crippen LogP contribution >= 0.6 is 0 Å². The summed E-state index contributed by atoms with van der Waals surface area (Å²) in [5, 5.41) is 14.4. The van der Waals surface area contributed by atoms with Crippen molar-refractivity contribution in [3.63, 3.8) is 0 Å². The summed E-state index contributed by atoms with van der Waals surface area (Å²) < 4.78 is 0. The number of aryl methyl sites for hydroxylation is 1. The molecule has 0 saturated heterocycles. The first-order valence-electron chi connectivity index (χ1n) is 6.16. The fourth-order valence-electron chi connectivity index (χ4n) is 1.49. The van der Waals surface area contributed by atoms with Crippen molar-refractivity contribution in [2.45, 2.75) is 19.8 Å². The summed E-state index contributed by atoms with van der Waals surface area (Å²) in [5.74, 6) is -0.0474. The van der Waals surface area contributed by atoms with Crippen LogP contribution in [0, 0.1) is 18.3 Å². The second-order valence-electron chi connectivity index (χ2n) is 4.13. The maximum atomic E-state index is 11.7. The van der Waals surface area contributed by atoms with Gasteiger partial charge in [-0.15, -0.1) is 0 Å². The van der Waals surface area contributed by atoms with Crippen molar-refractivity contribution in [1.82, 2.24) is 10.6 Å². The van der Waals surface area contributed by atoms with E-state index in [-0.39, 0.29) is 5.91 Å². The molecule has 0 unspecified atom stereocenters. The Bertz CT molecular complexity index is 406. The Balaban J connectivity index is 2.14. The van der Waals surface area contributed by atoms with E-state index in [0.29, 0.717) is 18.5 Å². The predicted octanol–water partition coefficient (Wildman–Crippen LogP) is 1.62. The molecule has 0 aliphatic carbocycles. The number of hydrogen-bond acceptors (Lipinski definition) is 3. The summed E-state index contributed by atoms with van der Waals surface area (Å²) in [6, 6.07) is 9.59. The van der Waals surface area contributed by atoms with Crippen molar-refractivity contribution in [1.29, 1.82) is 5.26 Å². The van der Waals surface area contributed by atoms with Gasteiger partial charge in [-0.2, -0.15) is 5.26 Å². The summed E-state index contributed by atoms with van der Waals surface area (Å²) >= 11 is 0. The average Bonchev–Trinajstić information content (AvgIpc) is 2.38. The lowest BCUT2D eigenvalue weighted by atomic mass is 10.1. The smallest absolute Gasteiger partial charge is 0.251 e. The molecule has 0 heterocycles. The third-order valence-electron chi connectivity index (χ3n) is 2.54. The molecule has 2 N–H and O–H groups in total. The van der Waals surface area contributed by atoms with Gasteiger partial charge in [0.05, 0.1) is 6.07 Å². The first kappa shape index (κ1) is 14.2. The van der Waals surface area contributed by atoms with Gasteiger partial charge in [0.25, 0.3) is 5.91 Å². The van der Waals surface area contributed by atoms with Crippen LogP contribution in [0.1, 0.15) is 28.8 Å². The second-order valence-corrected chi connectivity index (χ2v) is 4.13. The van der Waals surface area contributed by atoms with Gasteiger partial charge in [-0.1, -0.05) is 17.7 Å². The molecule has 18 heavy (non-hydrogen) atoms. The summed E-state index contributed by atoms with van der Waals surface area (Å²) in [6.45, 7) is 4.13. The van der Waals surface area contributed by atoms with Gasteiger partial charge in [-0.25, -0.2) is 0 Å². The molecule has 0 radical (unpaired) electrons. The Labute approximate surface area is 108 Å². The Morgan fingerprint density at radius 3 is 2.61 bits per heavy atom. The Hall–Kier alpha value is -1.86. The van der Waals surface area contributed by atoms with Gasteiger partial charge >= 0.3 is 0 Å². The van der Waals surface area contributed by atoms with Crippen LogP contribution in [0.15, 0.2) is 24.3 Å². The highest BCUT2D eigenvalue weighted by Crippen LogP contribution is 2.02. The molecule has 0 spiro atoms. The number of benzene rings is 1. The molecule has 1 aromatic carbocycles. The highest BCUT2D eigenvalue weighted by atomic mass is 16.1. The summed E-state index contributed by atoms with van der Waals surface area (Å²) in [5.41, 5.74) is 1.83. The van der Waals surface area contributed by atoms with Crippen molar-refractivity contribution < 1.29 is 4.79 Å². The molecule has 1 aromatic rings.